The first-order chi connectivity index (χ1) is 16.4. The molecule has 0 aliphatic heterocycles. The molecule has 0 saturated heterocycles. The molecule has 0 radical (unpaired) electrons. The van der Waals surface area contributed by atoms with Crippen LogP contribution >= 0.6 is 15.9 Å². The van der Waals surface area contributed by atoms with E-state index in [0.29, 0.717) is 22.6 Å². The van der Waals surface area contributed by atoms with Gasteiger partial charge in [0.25, 0.3) is 0 Å². The lowest BCUT2D eigenvalue weighted by Gasteiger charge is -2.24. The number of carbonyl (C=O) groups is 2. The predicted octanol–water partition coefficient (Wildman–Crippen LogP) is 5.24. The Morgan fingerprint density at radius 2 is 1.68 bits per heavy atom. The number of para-hydroxylation sites is 2. The Bertz CT molecular complexity index is 1150. The molecule has 0 bridgehead atoms. The summed E-state index contributed by atoms with van der Waals surface area (Å²) in [6.45, 7) is 0. The van der Waals surface area contributed by atoms with Crippen LogP contribution in [0.1, 0.15) is 11.7 Å². The first kappa shape index (κ1) is 24.8. The van der Waals surface area contributed by atoms with Crippen LogP contribution in [0.15, 0.2) is 89.4 Å². The molecule has 5 N–H and O–H groups in total. The topological polar surface area (TPSA) is 123 Å². The van der Waals surface area contributed by atoms with Crippen LogP contribution in [0.25, 0.3) is 0 Å². The molecule has 3 aromatic rings. The van der Waals surface area contributed by atoms with Gasteiger partial charge in [0.15, 0.2) is 6.10 Å². The molecular formula is C25H24BrN3O5. The van der Waals surface area contributed by atoms with E-state index in [9.17, 15) is 14.7 Å². The number of phenolic OH excluding ortho intramolecular Hbond substituents is 1. The number of ether oxygens (including phenoxy) is 2. The number of methoxy groups -OCH3 is 1. The number of halogens is 1. The van der Waals surface area contributed by atoms with Crippen LogP contribution in [0.2, 0.25) is 0 Å². The molecule has 0 aliphatic carbocycles. The molecule has 0 spiro atoms. The maximum absolute atomic E-state index is 12.6. The molecule has 0 aliphatic rings. The Morgan fingerprint density at radius 1 is 1.00 bits per heavy atom. The average Bonchev–Trinajstić information content (AvgIpc) is 2.82. The molecule has 3 rings (SSSR count). The first-order valence-corrected chi connectivity index (χ1v) is 11.0. The monoisotopic (exact) mass is 525 g/mol. The number of amides is 2. The van der Waals surface area contributed by atoms with Gasteiger partial charge in [0.2, 0.25) is 5.91 Å². The zero-order valence-electron chi connectivity index (χ0n) is 18.3. The van der Waals surface area contributed by atoms with Crippen molar-refractivity contribution in [2.75, 3.05) is 23.5 Å². The number of carbonyl (C=O) groups excluding carboxylic acids is 2. The third kappa shape index (κ3) is 7.09. The highest BCUT2D eigenvalue weighted by Crippen LogP contribution is 2.27. The van der Waals surface area contributed by atoms with E-state index in [4.69, 9.17) is 15.2 Å². The van der Waals surface area contributed by atoms with E-state index in [1.807, 2.05) is 0 Å². The number of nitrogen functional groups attached to an aromatic ring is 1. The van der Waals surface area contributed by atoms with E-state index in [1.165, 1.54) is 31.4 Å². The van der Waals surface area contributed by atoms with Crippen molar-refractivity contribution in [1.82, 2.24) is 0 Å². The Morgan fingerprint density at radius 3 is 2.32 bits per heavy atom. The molecule has 176 valence electrons. The minimum Gasteiger partial charge on any atom is -0.508 e. The number of anilines is 3. The SMILES string of the molecule is CO[C@H](/C=C/C(=O)Nc1ccccc1N)[C@H](OC(=O)Nc1ccc(Br)cc1)c1ccc(O)cc1. The third-order valence-electron chi connectivity index (χ3n) is 4.77. The van der Waals surface area contributed by atoms with Crippen molar-refractivity contribution >= 4 is 45.0 Å². The van der Waals surface area contributed by atoms with Crippen LogP contribution < -0.4 is 16.4 Å². The van der Waals surface area contributed by atoms with Gasteiger partial charge in [-0.15, -0.1) is 0 Å². The van der Waals surface area contributed by atoms with E-state index in [1.54, 1.807) is 60.7 Å². The lowest BCUT2D eigenvalue weighted by atomic mass is 10.0. The van der Waals surface area contributed by atoms with Crippen LogP contribution in [0.3, 0.4) is 0 Å². The third-order valence-corrected chi connectivity index (χ3v) is 5.30. The lowest BCUT2D eigenvalue weighted by Crippen LogP contribution is -2.27. The van der Waals surface area contributed by atoms with E-state index < -0.39 is 24.2 Å². The molecule has 3 aromatic carbocycles. The minimum atomic E-state index is -0.910. The van der Waals surface area contributed by atoms with Gasteiger partial charge in [-0.3, -0.25) is 10.1 Å². The summed E-state index contributed by atoms with van der Waals surface area (Å²) in [7, 11) is 1.44. The minimum absolute atomic E-state index is 0.0613. The van der Waals surface area contributed by atoms with Gasteiger partial charge in [0, 0.05) is 23.3 Å². The van der Waals surface area contributed by atoms with E-state index >= 15 is 0 Å². The van der Waals surface area contributed by atoms with Crippen LogP contribution in [-0.2, 0) is 14.3 Å². The second kappa shape index (κ2) is 11.9. The molecule has 2 amide bonds. The van der Waals surface area contributed by atoms with Crippen molar-refractivity contribution in [1.29, 1.82) is 0 Å². The van der Waals surface area contributed by atoms with Crippen molar-refractivity contribution < 1.29 is 24.2 Å². The van der Waals surface area contributed by atoms with Crippen LogP contribution in [-0.4, -0.2) is 30.3 Å². The van der Waals surface area contributed by atoms with Crippen molar-refractivity contribution in [2.24, 2.45) is 0 Å². The smallest absolute Gasteiger partial charge is 0.412 e. The molecule has 8 nitrogen and oxygen atoms in total. The second-order valence-corrected chi connectivity index (χ2v) is 8.10. The summed E-state index contributed by atoms with van der Waals surface area (Å²) in [6.07, 6.45) is 0.339. The van der Waals surface area contributed by atoms with E-state index in [0.717, 1.165) is 4.47 Å². The highest BCUT2D eigenvalue weighted by molar-refractivity contribution is 9.10. The Hall–Kier alpha value is -3.82. The molecule has 0 unspecified atom stereocenters. The van der Waals surface area contributed by atoms with Gasteiger partial charge in [-0.25, -0.2) is 4.79 Å². The Balaban J connectivity index is 1.77. The summed E-state index contributed by atoms with van der Waals surface area (Å²) in [6, 6.07) is 20.0. The number of rotatable bonds is 8. The van der Waals surface area contributed by atoms with Crippen molar-refractivity contribution in [2.45, 2.75) is 12.2 Å². The summed E-state index contributed by atoms with van der Waals surface area (Å²) in [5.74, 6) is -0.366. The van der Waals surface area contributed by atoms with E-state index in [-0.39, 0.29) is 5.75 Å². The molecule has 0 fully saturated rings. The lowest BCUT2D eigenvalue weighted by molar-refractivity contribution is -0.112. The van der Waals surface area contributed by atoms with Gasteiger partial charge < -0.3 is 25.6 Å². The number of aromatic hydroxyl groups is 1. The summed E-state index contributed by atoms with van der Waals surface area (Å²) in [5, 5.41) is 15.0. The maximum Gasteiger partial charge on any atom is 0.412 e. The highest BCUT2D eigenvalue weighted by atomic mass is 79.9. The van der Waals surface area contributed by atoms with Crippen molar-refractivity contribution in [3.63, 3.8) is 0 Å². The summed E-state index contributed by atoms with van der Waals surface area (Å²) in [5.41, 5.74) is 7.88. The number of hydrogen-bond acceptors (Lipinski definition) is 6. The Kier molecular flexibility index (Phi) is 8.66. The van der Waals surface area contributed by atoms with Crippen LogP contribution in [0, 0.1) is 0 Å². The van der Waals surface area contributed by atoms with E-state index in [2.05, 4.69) is 26.6 Å². The zero-order valence-corrected chi connectivity index (χ0v) is 19.9. The largest absolute Gasteiger partial charge is 0.508 e. The fourth-order valence-electron chi connectivity index (χ4n) is 3.06. The molecule has 0 saturated carbocycles. The Labute approximate surface area is 205 Å². The maximum atomic E-state index is 12.6. The summed E-state index contributed by atoms with van der Waals surface area (Å²) in [4.78, 5) is 25.0. The van der Waals surface area contributed by atoms with Crippen molar-refractivity contribution in [3.8, 4) is 5.75 Å². The van der Waals surface area contributed by atoms with Gasteiger partial charge >= 0.3 is 6.09 Å². The fourth-order valence-corrected chi connectivity index (χ4v) is 3.32. The molecule has 34 heavy (non-hydrogen) atoms. The number of nitrogens with one attached hydrogen (secondary N) is 2. The summed E-state index contributed by atoms with van der Waals surface area (Å²) < 4.78 is 12.1. The fraction of sp³-hybridized carbons (Fsp3) is 0.120. The highest BCUT2D eigenvalue weighted by Gasteiger charge is 2.26. The number of phenols is 1. The predicted molar refractivity (Wildman–Crippen MR) is 135 cm³/mol. The van der Waals surface area contributed by atoms with Crippen LogP contribution in [0.4, 0.5) is 21.9 Å². The molecular weight excluding hydrogens is 502 g/mol. The standard InChI is InChI=1S/C25H24BrN3O5/c1-33-22(14-15-23(31)29-21-5-3-2-4-20(21)27)24(16-6-12-19(30)13-7-16)34-25(32)28-18-10-8-17(26)9-11-18/h2-15,22,24,30H,27H2,1H3,(H,28,32)(H,29,31)/b15-14+/t22-,24-/m1/s1. The normalized spacial score (nSPS) is 12.6. The molecule has 0 heterocycles. The zero-order chi connectivity index (χ0) is 24.5. The van der Waals surface area contributed by atoms with Gasteiger partial charge in [-0.05, 0) is 60.2 Å². The second-order valence-electron chi connectivity index (χ2n) is 7.19. The molecule has 2 atom stereocenters. The van der Waals surface area contributed by atoms with Crippen molar-refractivity contribution in [3.05, 3.63) is 95.0 Å². The van der Waals surface area contributed by atoms with Gasteiger partial charge in [0.1, 0.15) is 11.9 Å². The number of nitrogens with two attached hydrogens (primary N) is 1. The summed E-state index contributed by atoms with van der Waals surface area (Å²) >= 11 is 3.34. The van der Waals surface area contributed by atoms with Gasteiger partial charge in [-0.2, -0.15) is 0 Å². The van der Waals surface area contributed by atoms with Crippen LogP contribution in [0.5, 0.6) is 5.75 Å². The first-order valence-electron chi connectivity index (χ1n) is 10.2. The quantitative estimate of drug-likeness (QED) is 0.235. The number of benzene rings is 3. The molecule has 0 aromatic heterocycles. The van der Waals surface area contributed by atoms with Gasteiger partial charge in [0.05, 0.1) is 11.4 Å². The number of hydrogen-bond donors (Lipinski definition) is 4. The molecule has 9 heteroatoms. The van der Waals surface area contributed by atoms with Gasteiger partial charge in [-0.1, -0.05) is 40.2 Å². The average molecular weight is 526 g/mol.